The number of para-hydroxylation sites is 1. The van der Waals surface area contributed by atoms with E-state index in [4.69, 9.17) is 14.5 Å². The highest BCUT2D eigenvalue weighted by atomic mass is 32.1. The number of hydrogen-bond donors (Lipinski definition) is 1. The number of rotatable bonds is 7. The second kappa shape index (κ2) is 11.2. The predicted molar refractivity (Wildman–Crippen MR) is 143 cm³/mol. The van der Waals surface area contributed by atoms with Crippen LogP contribution in [0.1, 0.15) is 20.9 Å². The Balaban J connectivity index is 1.25. The first-order valence-electron chi connectivity index (χ1n) is 11.7. The summed E-state index contributed by atoms with van der Waals surface area (Å²) in [7, 11) is 0. The fourth-order valence-electron chi connectivity index (χ4n) is 3.99. The molecule has 182 valence electrons. The highest BCUT2D eigenvalue weighted by molar-refractivity contribution is 7.09. The second-order valence-corrected chi connectivity index (χ2v) is 9.27. The lowest BCUT2D eigenvalue weighted by Gasteiger charge is -2.30. The molecule has 1 amide bonds. The summed E-state index contributed by atoms with van der Waals surface area (Å²) in [5, 5.41) is 5.69. The molecule has 8 heteroatoms. The van der Waals surface area contributed by atoms with E-state index in [0.717, 1.165) is 40.3 Å². The Morgan fingerprint density at radius 3 is 2.64 bits per heavy atom. The van der Waals surface area contributed by atoms with Gasteiger partial charge in [-0.05, 0) is 60.0 Å². The van der Waals surface area contributed by atoms with Crippen LogP contribution in [0.4, 0.5) is 16.2 Å². The Morgan fingerprint density at radius 2 is 1.86 bits per heavy atom. The predicted octanol–water partition coefficient (Wildman–Crippen LogP) is 5.78. The van der Waals surface area contributed by atoms with Crippen LogP contribution in [0.2, 0.25) is 0 Å². The number of nitrogens with one attached hydrogen (secondary N) is 1. The van der Waals surface area contributed by atoms with Crippen LogP contribution < -0.4 is 10.2 Å². The Kier molecular flexibility index (Phi) is 7.35. The van der Waals surface area contributed by atoms with E-state index in [9.17, 15) is 9.59 Å². The maximum absolute atomic E-state index is 12.8. The summed E-state index contributed by atoms with van der Waals surface area (Å²) < 4.78 is 10.7. The zero-order valence-corrected chi connectivity index (χ0v) is 20.4. The lowest BCUT2D eigenvalue weighted by Crippen LogP contribution is -2.36. The number of ketones is 1. The fourth-order valence-corrected chi connectivity index (χ4v) is 4.60. The number of benzene rings is 2. The van der Waals surface area contributed by atoms with E-state index in [2.05, 4.69) is 16.3 Å². The summed E-state index contributed by atoms with van der Waals surface area (Å²) >= 11 is 1.53. The first-order chi connectivity index (χ1) is 17.7. The van der Waals surface area contributed by atoms with Gasteiger partial charge in [-0.2, -0.15) is 0 Å². The minimum Gasteiger partial charge on any atom is -0.444 e. The van der Waals surface area contributed by atoms with Gasteiger partial charge in [0.2, 0.25) is 0 Å². The molecule has 3 heterocycles. The molecule has 0 bridgehead atoms. The van der Waals surface area contributed by atoms with Crippen LogP contribution in [0.25, 0.3) is 17.0 Å². The van der Waals surface area contributed by atoms with Crippen LogP contribution >= 0.6 is 11.3 Å². The summed E-state index contributed by atoms with van der Waals surface area (Å²) in [5.74, 6) is -0.148. The third kappa shape index (κ3) is 5.79. The maximum atomic E-state index is 12.8. The Morgan fingerprint density at radius 1 is 1.06 bits per heavy atom. The highest BCUT2D eigenvalue weighted by Gasteiger charge is 2.15. The second-order valence-electron chi connectivity index (χ2n) is 8.24. The monoisotopic (exact) mass is 499 g/mol. The molecular weight excluding hydrogens is 474 g/mol. The number of anilines is 2. The van der Waals surface area contributed by atoms with Gasteiger partial charge < -0.3 is 14.4 Å². The summed E-state index contributed by atoms with van der Waals surface area (Å²) in [4.78, 5) is 32.8. The van der Waals surface area contributed by atoms with Crippen LogP contribution in [0.3, 0.4) is 0 Å². The minimum atomic E-state index is -0.541. The Labute approximate surface area is 213 Å². The van der Waals surface area contributed by atoms with Gasteiger partial charge >= 0.3 is 6.09 Å². The van der Waals surface area contributed by atoms with Crippen molar-refractivity contribution in [1.29, 1.82) is 0 Å². The van der Waals surface area contributed by atoms with Crippen molar-refractivity contribution >= 4 is 51.6 Å². The summed E-state index contributed by atoms with van der Waals surface area (Å²) in [6.07, 6.45) is 2.73. The van der Waals surface area contributed by atoms with Crippen LogP contribution in [-0.2, 0) is 16.1 Å². The molecule has 1 fully saturated rings. The first kappa shape index (κ1) is 23.7. The molecule has 2 aromatic carbocycles. The van der Waals surface area contributed by atoms with Gasteiger partial charge in [-0.1, -0.05) is 24.3 Å². The molecule has 0 aliphatic carbocycles. The molecule has 7 nitrogen and oxygen atoms in total. The normalized spacial score (nSPS) is 13.7. The van der Waals surface area contributed by atoms with Crippen molar-refractivity contribution in [3.63, 3.8) is 0 Å². The van der Waals surface area contributed by atoms with Gasteiger partial charge in [-0.25, -0.2) is 9.78 Å². The van der Waals surface area contributed by atoms with Crippen LogP contribution in [0, 0.1) is 0 Å². The number of carbonyl (C=O) groups is 2. The third-order valence-corrected chi connectivity index (χ3v) is 6.66. The van der Waals surface area contributed by atoms with E-state index in [1.165, 1.54) is 17.4 Å². The van der Waals surface area contributed by atoms with Gasteiger partial charge in [0.15, 0.2) is 5.78 Å². The number of allylic oxidation sites excluding steroid dienone is 1. The van der Waals surface area contributed by atoms with Gasteiger partial charge in [0.25, 0.3) is 0 Å². The van der Waals surface area contributed by atoms with Gasteiger partial charge in [-0.3, -0.25) is 10.1 Å². The Hall–Kier alpha value is -4.01. The smallest absolute Gasteiger partial charge is 0.411 e. The van der Waals surface area contributed by atoms with Crippen molar-refractivity contribution < 1.29 is 19.1 Å². The van der Waals surface area contributed by atoms with Gasteiger partial charge in [0, 0.05) is 40.3 Å². The lowest BCUT2D eigenvalue weighted by atomic mass is 10.1. The lowest BCUT2D eigenvalue weighted by molar-refractivity contribution is 0.104. The molecule has 36 heavy (non-hydrogen) atoms. The number of morpholine rings is 1. The molecule has 1 aliphatic heterocycles. The quantitative estimate of drug-likeness (QED) is 0.257. The molecule has 1 aliphatic rings. The van der Waals surface area contributed by atoms with Gasteiger partial charge in [0.1, 0.15) is 6.61 Å². The van der Waals surface area contributed by atoms with E-state index < -0.39 is 6.09 Å². The van der Waals surface area contributed by atoms with E-state index in [0.29, 0.717) is 24.5 Å². The average molecular weight is 500 g/mol. The van der Waals surface area contributed by atoms with Crippen molar-refractivity contribution in [1.82, 2.24) is 4.98 Å². The summed E-state index contributed by atoms with van der Waals surface area (Å²) in [5.41, 5.74) is 3.76. The van der Waals surface area contributed by atoms with Crippen molar-refractivity contribution in [2.45, 2.75) is 6.61 Å². The number of thiophene rings is 1. The zero-order valence-electron chi connectivity index (χ0n) is 19.6. The number of hydrogen-bond acceptors (Lipinski definition) is 7. The van der Waals surface area contributed by atoms with Crippen molar-refractivity contribution in [2.75, 3.05) is 36.5 Å². The molecule has 0 radical (unpaired) electrons. The number of nitrogens with zero attached hydrogens (tertiary/aromatic N) is 2. The average Bonchev–Trinajstić information content (AvgIpc) is 3.45. The SMILES string of the molecule is O=C(Nc1ccc(C(=O)C=Cc2cc(N3CCOCC3)c3ccccc3n2)cc1)OCc1cccs1. The molecule has 5 rings (SSSR count). The van der Waals surface area contributed by atoms with E-state index >= 15 is 0 Å². The van der Waals surface area contributed by atoms with Crippen LogP contribution in [0.5, 0.6) is 0 Å². The van der Waals surface area contributed by atoms with Crippen molar-refractivity contribution in [3.8, 4) is 0 Å². The largest absolute Gasteiger partial charge is 0.444 e. The number of amides is 1. The van der Waals surface area contributed by atoms with Gasteiger partial charge in [-0.15, -0.1) is 11.3 Å². The number of fused-ring (bicyclic) bond motifs is 1. The first-order valence-corrected chi connectivity index (χ1v) is 12.5. The number of pyridine rings is 1. The van der Waals surface area contributed by atoms with E-state index in [1.807, 2.05) is 41.8 Å². The van der Waals surface area contributed by atoms with Gasteiger partial charge in [0.05, 0.1) is 24.4 Å². The van der Waals surface area contributed by atoms with Crippen LogP contribution in [-0.4, -0.2) is 43.2 Å². The Bertz CT molecular complexity index is 1380. The zero-order chi connectivity index (χ0) is 24.7. The number of carbonyl (C=O) groups excluding carboxylic acids is 2. The highest BCUT2D eigenvalue weighted by Crippen LogP contribution is 2.28. The topological polar surface area (TPSA) is 80.8 Å². The minimum absolute atomic E-state index is 0.148. The van der Waals surface area contributed by atoms with Crippen molar-refractivity contribution in [2.24, 2.45) is 0 Å². The summed E-state index contributed by atoms with van der Waals surface area (Å²) in [6.45, 7) is 3.24. The standard InChI is InChI=1S/C28H25N3O4S/c32-27(20-7-9-21(10-8-20)30-28(33)35-19-23-4-3-17-36-23)12-11-22-18-26(31-13-15-34-16-14-31)24-5-1-2-6-25(24)29-22/h1-12,17-18H,13-16,19H2,(H,30,33). The molecule has 0 saturated carbocycles. The molecule has 4 aromatic rings. The molecule has 0 atom stereocenters. The van der Waals surface area contributed by atoms with E-state index in [-0.39, 0.29) is 12.4 Å². The maximum Gasteiger partial charge on any atom is 0.411 e. The third-order valence-electron chi connectivity index (χ3n) is 5.81. The fraction of sp³-hybridized carbons (Fsp3) is 0.179. The molecule has 2 aromatic heterocycles. The molecule has 0 unspecified atom stereocenters. The van der Waals surface area contributed by atoms with E-state index in [1.54, 1.807) is 30.3 Å². The van der Waals surface area contributed by atoms with Crippen LogP contribution in [0.15, 0.2) is 78.2 Å². The molecule has 1 saturated heterocycles. The van der Waals surface area contributed by atoms with Crippen molar-refractivity contribution in [3.05, 3.63) is 94.3 Å². The number of ether oxygens (including phenoxy) is 2. The molecule has 1 N–H and O–H groups in total. The molecule has 0 spiro atoms. The number of aromatic nitrogens is 1. The molecular formula is C28H25N3O4S. The summed E-state index contributed by atoms with van der Waals surface area (Å²) in [6, 6.07) is 20.6.